The molecule has 1 aromatic carbocycles. The summed E-state index contributed by atoms with van der Waals surface area (Å²) in [6.45, 7) is 3.60. The molecule has 0 radical (unpaired) electrons. The van der Waals surface area contributed by atoms with Gasteiger partial charge in [0.05, 0.1) is 5.52 Å². The summed E-state index contributed by atoms with van der Waals surface area (Å²) in [4.78, 5) is 14.6. The summed E-state index contributed by atoms with van der Waals surface area (Å²) < 4.78 is 0. The van der Waals surface area contributed by atoms with Gasteiger partial charge in [-0.25, -0.2) is 0 Å². The van der Waals surface area contributed by atoms with Gasteiger partial charge in [-0.2, -0.15) is 5.10 Å². The average Bonchev–Trinajstić information content (AvgIpc) is 2.89. The highest BCUT2D eigenvalue weighted by Gasteiger charge is 2.26. The van der Waals surface area contributed by atoms with Crippen LogP contribution in [0.5, 0.6) is 0 Å². The lowest BCUT2D eigenvalue weighted by atomic mass is 10.0. The molecule has 0 spiro atoms. The zero-order valence-electron chi connectivity index (χ0n) is 11.9. The van der Waals surface area contributed by atoms with Gasteiger partial charge in [0, 0.05) is 24.5 Å². The monoisotopic (exact) mass is 272 g/mol. The van der Waals surface area contributed by atoms with E-state index >= 15 is 0 Å². The van der Waals surface area contributed by atoms with Gasteiger partial charge >= 0.3 is 0 Å². The van der Waals surface area contributed by atoms with Crippen LogP contribution in [0.3, 0.4) is 0 Å². The molecule has 106 valence electrons. The number of nitrogens with one attached hydrogen (secondary N) is 2. The van der Waals surface area contributed by atoms with Crippen LogP contribution in [0.4, 0.5) is 0 Å². The van der Waals surface area contributed by atoms with Crippen molar-refractivity contribution in [3.05, 3.63) is 29.5 Å². The first-order valence-corrected chi connectivity index (χ1v) is 7.10. The van der Waals surface area contributed by atoms with Crippen molar-refractivity contribution in [1.82, 2.24) is 20.4 Å². The minimum absolute atomic E-state index is 0.0294. The maximum Gasteiger partial charge on any atom is 0.275 e. The highest BCUT2D eigenvalue weighted by Crippen LogP contribution is 2.20. The van der Waals surface area contributed by atoms with Gasteiger partial charge in [-0.3, -0.25) is 9.89 Å². The number of hydrogen-bond donors (Lipinski definition) is 2. The Morgan fingerprint density at radius 1 is 1.50 bits per heavy atom. The Bertz CT molecular complexity index is 634. The molecule has 3 rings (SSSR count). The fourth-order valence-corrected chi connectivity index (χ4v) is 2.84. The lowest BCUT2D eigenvalue weighted by Gasteiger charge is -2.32. The van der Waals surface area contributed by atoms with Crippen LogP contribution in [-0.2, 0) is 0 Å². The predicted molar refractivity (Wildman–Crippen MR) is 78.8 cm³/mol. The number of aromatic nitrogens is 2. The topological polar surface area (TPSA) is 61.0 Å². The molecule has 1 amide bonds. The molecular formula is C15H20N4O. The number of rotatable bonds is 2. The largest absolute Gasteiger partial charge is 0.336 e. The van der Waals surface area contributed by atoms with E-state index in [2.05, 4.69) is 15.5 Å². The lowest BCUT2D eigenvalue weighted by Crippen LogP contribution is -2.47. The third-order valence-electron chi connectivity index (χ3n) is 4.04. The van der Waals surface area contributed by atoms with Crippen molar-refractivity contribution in [2.45, 2.75) is 25.8 Å². The molecule has 5 heteroatoms. The number of carbonyl (C=O) groups is 1. The Labute approximate surface area is 118 Å². The SMILES string of the molecule is CNC1CCCN(C(=O)c2n[nH]c3ccc(C)cc23)C1. The van der Waals surface area contributed by atoms with E-state index in [4.69, 9.17) is 0 Å². The van der Waals surface area contributed by atoms with E-state index in [1.165, 1.54) is 0 Å². The molecule has 1 aliphatic heterocycles. The van der Waals surface area contributed by atoms with Crippen molar-refractivity contribution in [2.75, 3.05) is 20.1 Å². The van der Waals surface area contributed by atoms with Crippen molar-refractivity contribution in [3.8, 4) is 0 Å². The third-order valence-corrected chi connectivity index (χ3v) is 4.04. The molecule has 20 heavy (non-hydrogen) atoms. The van der Waals surface area contributed by atoms with Crippen LogP contribution in [0.1, 0.15) is 28.9 Å². The molecule has 1 atom stereocenters. The molecule has 1 fully saturated rings. The Morgan fingerprint density at radius 2 is 2.35 bits per heavy atom. The number of carbonyl (C=O) groups excluding carboxylic acids is 1. The second-order valence-electron chi connectivity index (χ2n) is 5.50. The second kappa shape index (κ2) is 5.25. The van der Waals surface area contributed by atoms with Crippen LogP contribution >= 0.6 is 0 Å². The van der Waals surface area contributed by atoms with E-state index in [0.29, 0.717) is 11.7 Å². The van der Waals surface area contributed by atoms with E-state index in [9.17, 15) is 4.79 Å². The van der Waals surface area contributed by atoms with Crippen molar-refractivity contribution < 1.29 is 4.79 Å². The average molecular weight is 272 g/mol. The summed E-state index contributed by atoms with van der Waals surface area (Å²) in [6, 6.07) is 6.40. The van der Waals surface area contributed by atoms with Gasteiger partial charge in [0.2, 0.25) is 0 Å². The summed E-state index contributed by atoms with van der Waals surface area (Å²) in [5.41, 5.74) is 2.60. The Morgan fingerprint density at radius 3 is 3.15 bits per heavy atom. The number of amides is 1. The van der Waals surface area contributed by atoms with Crippen molar-refractivity contribution in [1.29, 1.82) is 0 Å². The number of nitrogens with zero attached hydrogens (tertiary/aromatic N) is 2. The maximum absolute atomic E-state index is 12.7. The Hall–Kier alpha value is -1.88. The highest BCUT2D eigenvalue weighted by atomic mass is 16.2. The van der Waals surface area contributed by atoms with E-state index in [1.807, 2.05) is 37.1 Å². The molecule has 1 aliphatic rings. The standard InChI is InChI=1S/C15H20N4O/c1-10-5-6-13-12(8-10)14(18-17-13)15(20)19-7-3-4-11(9-19)16-2/h5-6,8,11,16H,3-4,7,9H2,1-2H3,(H,17,18). The summed E-state index contributed by atoms with van der Waals surface area (Å²) in [5, 5.41) is 11.3. The van der Waals surface area contributed by atoms with Gasteiger partial charge in [0.25, 0.3) is 5.91 Å². The van der Waals surface area contributed by atoms with Crippen LogP contribution in [0.15, 0.2) is 18.2 Å². The summed E-state index contributed by atoms with van der Waals surface area (Å²) in [5.74, 6) is 0.0294. The molecule has 2 aromatic rings. The van der Waals surface area contributed by atoms with E-state index < -0.39 is 0 Å². The van der Waals surface area contributed by atoms with Crippen LogP contribution in [0.2, 0.25) is 0 Å². The lowest BCUT2D eigenvalue weighted by molar-refractivity contribution is 0.0694. The zero-order chi connectivity index (χ0) is 14.1. The van der Waals surface area contributed by atoms with Crippen LogP contribution in [-0.4, -0.2) is 47.2 Å². The molecule has 0 saturated carbocycles. The fourth-order valence-electron chi connectivity index (χ4n) is 2.84. The van der Waals surface area contributed by atoms with Gasteiger partial charge in [-0.15, -0.1) is 0 Å². The molecule has 1 saturated heterocycles. The van der Waals surface area contributed by atoms with Gasteiger partial charge < -0.3 is 10.2 Å². The Balaban J connectivity index is 1.90. The number of piperidine rings is 1. The fraction of sp³-hybridized carbons (Fsp3) is 0.467. The number of hydrogen-bond acceptors (Lipinski definition) is 3. The number of likely N-dealkylation sites (tertiary alicyclic amines) is 1. The molecule has 0 aliphatic carbocycles. The Kier molecular flexibility index (Phi) is 3.44. The van der Waals surface area contributed by atoms with Gasteiger partial charge in [-0.05, 0) is 38.9 Å². The smallest absolute Gasteiger partial charge is 0.275 e. The minimum Gasteiger partial charge on any atom is -0.336 e. The number of aryl methyl sites for hydroxylation is 1. The summed E-state index contributed by atoms with van der Waals surface area (Å²) in [6.07, 6.45) is 2.17. The number of benzene rings is 1. The van der Waals surface area contributed by atoms with E-state index in [0.717, 1.165) is 42.4 Å². The molecule has 1 unspecified atom stereocenters. The van der Waals surface area contributed by atoms with Gasteiger partial charge in [0.15, 0.2) is 5.69 Å². The summed E-state index contributed by atoms with van der Waals surface area (Å²) >= 11 is 0. The van der Waals surface area contributed by atoms with Crippen LogP contribution < -0.4 is 5.32 Å². The maximum atomic E-state index is 12.7. The first-order valence-electron chi connectivity index (χ1n) is 7.10. The first-order chi connectivity index (χ1) is 9.69. The number of fused-ring (bicyclic) bond motifs is 1. The van der Waals surface area contributed by atoms with Crippen molar-refractivity contribution >= 4 is 16.8 Å². The van der Waals surface area contributed by atoms with E-state index in [-0.39, 0.29) is 5.91 Å². The molecule has 0 bridgehead atoms. The zero-order valence-corrected chi connectivity index (χ0v) is 11.9. The number of likely N-dealkylation sites (N-methyl/N-ethyl adjacent to an activating group) is 1. The molecule has 1 aromatic heterocycles. The van der Waals surface area contributed by atoms with E-state index in [1.54, 1.807) is 0 Å². The van der Waals surface area contributed by atoms with Crippen LogP contribution in [0, 0.1) is 6.92 Å². The molecule has 2 heterocycles. The van der Waals surface area contributed by atoms with Crippen LogP contribution in [0.25, 0.3) is 10.9 Å². The molecule has 5 nitrogen and oxygen atoms in total. The second-order valence-corrected chi connectivity index (χ2v) is 5.50. The number of aromatic amines is 1. The van der Waals surface area contributed by atoms with Gasteiger partial charge in [-0.1, -0.05) is 11.6 Å². The minimum atomic E-state index is 0.0294. The number of H-pyrrole nitrogens is 1. The van der Waals surface area contributed by atoms with Crippen molar-refractivity contribution in [3.63, 3.8) is 0 Å². The van der Waals surface area contributed by atoms with Gasteiger partial charge in [0.1, 0.15) is 0 Å². The highest BCUT2D eigenvalue weighted by molar-refractivity contribution is 6.04. The normalized spacial score (nSPS) is 19.5. The summed E-state index contributed by atoms with van der Waals surface area (Å²) in [7, 11) is 1.95. The van der Waals surface area contributed by atoms with Crippen molar-refractivity contribution in [2.24, 2.45) is 0 Å². The third kappa shape index (κ3) is 2.29. The predicted octanol–water partition coefficient (Wildman–Crippen LogP) is 1.70. The quantitative estimate of drug-likeness (QED) is 0.874. The molecular weight excluding hydrogens is 252 g/mol. The molecule has 2 N–H and O–H groups in total. The first kappa shape index (κ1) is 13.1.